The Kier molecular flexibility index (Phi) is 7.10. The Morgan fingerprint density at radius 2 is 1.62 bits per heavy atom. The maximum absolute atomic E-state index is 9.71. The first-order chi connectivity index (χ1) is 14.1. The number of carboxylic acid groups (broad SMARTS) is 1. The molecule has 8 nitrogen and oxygen atoms in total. The average molecular weight is 399 g/mol. The molecule has 2 saturated heterocycles. The molecule has 1 aromatic heterocycles. The van der Waals surface area contributed by atoms with Crippen molar-refractivity contribution in [3.8, 4) is 5.75 Å². The largest absolute Gasteiger partial charge is 0.508 e. The van der Waals surface area contributed by atoms with Crippen molar-refractivity contribution in [3.63, 3.8) is 0 Å². The van der Waals surface area contributed by atoms with E-state index in [0.29, 0.717) is 5.75 Å². The molecule has 1 aromatic carbocycles. The van der Waals surface area contributed by atoms with Crippen molar-refractivity contribution in [2.75, 3.05) is 54.0 Å². The number of aromatic hydroxyl groups is 1. The minimum absolute atomic E-state index is 0.250. The molecule has 2 aromatic rings. The van der Waals surface area contributed by atoms with Gasteiger partial charge < -0.3 is 24.9 Å². The van der Waals surface area contributed by atoms with Crippen LogP contribution in [0.3, 0.4) is 0 Å². The molecule has 3 heterocycles. The summed E-state index contributed by atoms with van der Waals surface area (Å²) >= 11 is 0. The summed E-state index contributed by atoms with van der Waals surface area (Å²) in [5.41, 5.74) is 2.20. The van der Waals surface area contributed by atoms with Crippen LogP contribution in [0.15, 0.2) is 30.3 Å². The maximum Gasteiger partial charge on any atom is 0.290 e. The van der Waals surface area contributed by atoms with Crippen molar-refractivity contribution in [1.82, 2.24) is 9.97 Å². The predicted octanol–water partition coefficient (Wildman–Crippen LogP) is 2.37. The number of hydrogen-bond donors (Lipinski definition) is 2. The summed E-state index contributed by atoms with van der Waals surface area (Å²) in [7, 11) is 0. The van der Waals surface area contributed by atoms with E-state index in [1.807, 2.05) is 12.1 Å². The Morgan fingerprint density at radius 3 is 2.24 bits per heavy atom. The quantitative estimate of drug-likeness (QED) is 0.757. The van der Waals surface area contributed by atoms with E-state index < -0.39 is 0 Å². The number of aryl methyl sites for hydroxylation is 1. The van der Waals surface area contributed by atoms with E-state index in [2.05, 4.69) is 33.8 Å². The molecule has 4 rings (SSSR count). The van der Waals surface area contributed by atoms with Gasteiger partial charge in [-0.1, -0.05) is 13.0 Å². The van der Waals surface area contributed by atoms with Gasteiger partial charge >= 0.3 is 0 Å². The Balaban J connectivity index is 0.000000755. The lowest BCUT2D eigenvalue weighted by Crippen LogP contribution is -2.47. The zero-order chi connectivity index (χ0) is 20.6. The van der Waals surface area contributed by atoms with Crippen molar-refractivity contribution < 1.29 is 15.0 Å². The first-order valence-corrected chi connectivity index (χ1v) is 10.1. The van der Waals surface area contributed by atoms with Crippen LogP contribution in [0.25, 0.3) is 0 Å². The first-order valence-electron chi connectivity index (χ1n) is 10.1. The van der Waals surface area contributed by atoms with E-state index in [-0.39, 0.29) is 6.47 Å². The van der Waals surface area contributed by atoms with E-state index in [1.54, 1.807) is 6.07 Å². The zero-order valence-electron chi connectivity index (χ0n) is 16.9. The Morgan fingerprint density at radius 1 is 0.966 bits per heavy atom. The number of piperazine rings is 1. The normalized spacial score (nSPS) is 16.4. The van der Waals surface area contributed by atoms with Crippen molar-refractivity contribution in [1.29, 1.82) is 0 Å². The molecule has 0 bridgehead atoms. The maximum atomic E-state index is 9.71. The molecule has 2 aliphatic rings. The number of rotatable bonds is 4. The van der Waals surface area contributed by atoms with Gasteiger partial charge in [0, 0.05) is 62.8 Å². The van der Waals surface area contributed by atoms with Gasteiger partial charge in [-0.25, -0.2) is 4.98 Å². The Bertz CT molecular complexity index is 803. The highest BCUT2D eigenvalue weighted by Gasteiger charge is 2.22. The molecule has 2 aliphatic heterocycles. The monoisotopic (exact) mass is 399 g/mol. The van der Waals surface area contributed by atoms with Gasteiger partial charge in [0.1, 0.15) is 11.6 Å². The number of phenols is 1. The fourth-order valence-corrected chi connectivity index (χ4v) is 3.75. The highest BCUT2D eigenvalue weighted by atomic mass is 16.3. The van der Waals surface area contributed by atoms with Crippen molar-refractivity contribution in [2.24, 2.45) is 0 Å². The fraction of sp³-hybridized carbons (Fsp3) is 0.476. The van der Waals surface area contributed by atoms with Gasteiger partial charge in [-0.3, -0.25) is 4.79 Å². The number of aromatic nitrogens is 2. The highest BCUT2D eigenvalue weighted by Crippen LogP contribution is 2.25. The first kappa shape index (κ1) is 20.7. The summed E-state index contributed by atoms with van der Waals surface area (Å²) in [6, 6.07) is 9.65. The van der Waals surface area contributed by atoms with Gasteiger partial charge in [0.15, 0.2) is 0 Å². The van der Waals surface area contributed by atoms with E-state index in [0.717, 1.165) is 68.8 Å². The van der Waals surface area contributed by atoms with Crippen molar-refractivity contribution >= 4 is 23.9 Å². The van der Waals surface area contributed by atoms with Crippen LogP contribution in [0.2, 0.25) is 0 Å². The number of phenolic OH excluding ortho intramolecular Hbond substituents is 1. The van der Waals surface area contributed by atoms with Gasteiger partial charge in [-0.2, -0.15) is 4.98 Å². The lowest BCUT2D eigenvalue weighted by Gasteiger charge is -2.37. The van der Waals surface area contributed by atoms with Gasteiger partial charge in [-0.05, 0) is 31.4 Å². The molecule has 156 valence electrons. The topological polar surface area (TPSA) is 93.0 Å². The average Bonchev–Trinajstić information content (AvgIpc) is 3.29. The molecule has 0 spiro atoms. The second kappa shape index (κ2) is 9.95. The van der Waals surface area contributed by atoms with Crippen LogP contribution < -0.4 is 14.7 Å². The summed E-state index contributed by atoms with van der Waals surface area (Å²) in [6.07, 6.45) is 3.40. The summed E-state index contributed by atoms with van der Waals surface area (Å²) in [5.74, 6) is 2.27. The third-order valence-corrected chi connectivity index (χ3v) is 5.30. The number of anilines is 3. The molecule has 29 heavy (non-hydrogen) atoms. The van der Waals surface area contributed by atoms with E-state index in [4.69, 9.17) is 19.9 Å². The van der Waals surface area contributed by atoms with Crippen LogP contribution in [0.5, 0.6) is 5.75 Å². The lowest BCUT2D eigenvalue weighted by atomic mass is 10.2. The summed E-state index contributed by atoms with van der Waals surface area (Å²) in [4.78, 5) is 25.0. The molecular weight excluding hydrogens is 370 g/mol. The molecule has 0 unspecified atom stereocenters. The van der Waals surface area contributed by atoms with Crippen molar-refractivity contribution in [2.45, 2.75) is 26.2 Å². The van der Waals surface area contributed by atoms with Crippen LogP contribution in [-0.2, 0) is 11.2 Å². The third kappa shape index (κ3) is 5.28. The van der Waals surface area contributed by atoms with E-state index in [1.165, 1.54) is 12.8 Å². The number of hydrogen-bond acceptors (Lipinski definition) is 7. The van der Waals surface area contributed by atoms with Crippen molar-refractivity contribution in [3.05, 3.63) is 36.0 Å². The van der Waals surface area contributed by atoms with Gasteiger partial charge in [-0.15, -0.1) is 0 Å². The van der Waals surface area contributed by atoms with Crippen LogP contribution in [0.1, 0.15) is 25.5 Å². The predicted molar refractivity (Wildman–Crippen MR) is 114 cm³/mol. The van der Waals surface area contributed by atoms with E-state index >= 15 is 0 Å². The van der Waals surface area contributed by atoms with Crippen LogP contribution >= 0.6 is 0 Å². The molecule has 0 atom stereocenters. The van der Waals surface area contributed by atoms with Gasteiger partial charge in [0.05, 0.1) is 0 Å². The molecule has 0 radical (unpaired) electrons. The standard InChI is InChI=1S/C20H27N5O.CH2O2/c1-2-16-14-19(22-20(21-16)25-8-3-4-9-25)24-12-10-23(11-13-24)17-6-5-7-18(26)15-17;2-1-3/h5-7,14-15,26H,2-4,8-13H2,1H3;1H,(H,2,3). The third-order valence-electron chi connectivity index (χ3n) is 5.30. The molecule has 0 amide bonds. The lowest BCUT2D eigenvalue weighted by molar-refractivity contribution is -0.122. The summed E-state index contributed by atoms with van der Waals surface area (Å²) < 4.78 is 0. The zero-order valence-corrected chi connectivity index (χ0v) is 16.9. The minimum Gasteiger partial charge on any atom is -0.508 e. The second-order valence-electron chi connectivity index (χ2n) is 7.16. The second-order valence-corrected chi connectivity index (χ2v) is 7.16. The molecule has 2 N–H and O–H groups in total. The molecule has 8 heteroatoms. The SMILES string of the molecule is CCc1cc(N2CCN(c3cccc(O)c3)CC2)nc(N2CCCC2)n1.O=CO. The number of nitrogens with zero attached hydrogens (tertiary/aromatic N) is 5. The number of benzene rings is 1. The molecule has 2 fully saturated rings. The van der Waals surface area contributed by atoms with E-state index in [9.17, 15) is 5.11 Å². The fourth-order valence-electron chi connectivity index (χ4n) is 3.75. The van der Waals surface area contributed by atoms with Gasteiger partial charge in [0.2, 0.25) is 5.95 Å². The smallest absolute Gasteiger partial charge is 0.290 e. The minimum atomic E-state index is -0.250. The highest BCUT2D eigenvalue weighted by molar-refractivity contribution is 5.53. The Labute approximate surface area is 171 Å². The van der Waals surface area contributed by atoms with Crippen LogP contribution in [0, 0.1) is 0 Å². The molecule has 0 aliphatic carbocycles. The summed E-state index contributed by atoms with van der Waals surface area (Å²) in [5, 5.41) is 16.6. The molecule has 0 saturated carbocycles. The van der Waals surface area contributed by atoms with Gasteiger partial charge in [0.25, 0.3) is 6.47 Å². The van der Waals surface area contributed by atoms with Crippen LogP contribution in [0.4, 0.5) is 17.5 Å². The molecular formula is C21H29N5O3. The van der Waals surface area contributed by atoms with Crippen LogP contribution in [-0.4, -0.2) is 65.9 Å². The number of carbonyl (C=O) groups is 1. The summed E-state index contributed by atoms with van der Waals surface area (Å²) in [6.45, 7) is 7.74. The Hall–Kier alpha value is -3.03.